The summed E-state index contributed by atoms with van der Waals surface area (Å²) in [7, 11) is 0. The molecule has 0 aliphatic carbocycles. The number of aliphatic hydroxyl groups is 1. The van der Waals surface area contributed by atoms with Crippen molar-refractivity contribution in [3.05, 3.63) is 90.3 Å². The van der Waals surface area contributed by atoms with Crippen LogP contribution in [0.25, 0.3) is 0 Å². The normalized spacial score (nSPS) is 12.7. The van der Waals surface area contributed by atoms with E-state index in [0.717, 1.165) is 36.6 Å². The molecule has 3 heterocycles. The number of hydrogen-bond acceptors (Lipinski definition) is 5. The summed E-state index contributed by atoms with van der Waals surface area (Å²) in [5, 5.41) is 11.0. The fourth-order valence-corrected chi connectivity index (χ4v) is 6.26. The smallest absolute Gasteiger partial charge is 0.124 e. The second kappa shape index (κ2) is 9.13. The van der Waals surface area contributed by atoms with Gasteiger partial charge < -0.3 is 5.11 Å². The molecule has 3 rings (SSSR count). The summed E-state index contributed by atoms with van der Waals surface area (Å²) in [6, 6.07) is 15.3. The fourth-order valence-electron chi connectivity index (χ4n) is 2.83. The van der Waals surface area contributed by atoms with E-state index in [2.05, 4.69) is 15.0 Å². The van der Waals surface area contributed by atoms with E-state index in [1.54, 1.807) is 18.6 Å². The number of nitrogens with zero attached hydrogens (tertiary/aromatic N) is 3. The molecule has 0 bridgehead atoms. The van der Waals surface area contributed by atoms with Crippen molar-refractivity contribution < 1.29 is 5.11 Å². The molecule has 3 aromatic rings. The lowest BCUT2D eigenvalue weighted by Gasteiger charge is -2.27. The van der Waals surface area contributed by atoms with Crippen LogP contribution in [-0.2, 0) is 24.6 Å². The zero-order valence-corrected chi connectivity index (χ0v) is 16.2. The molecule has 1 unspecified atom stereocenters. The van der Waals surface area contributed by atoms with Crippen LogP contribution in [0, 0.1) is 0 Å². The molecule has 4 nitrogen and oxygen atoms in total. The van der Waals surface area contributed by atoms with Crippen molar-refractivity contribution in [1.29, 1.82) is 0 Å². The Morgan fingerprint density at radius 1 is 0.769 bits per heavy atom. The molecule has 1 N–H and O–H groups in total. The van der Waals surface area contributed by atoms with Gasteiger partial charge in [-0.15, -0.1) is 0 Å². The molecule has 0 radical (unpaired) electrons. The Hall–Kier alpha value is -1.94. The molecule has 0 spiro atoms. The molecule has 0 saturated heterocycles. The van der Waals surface area contributed by atoms with Gasteiger partial charge in [-0.25, -0.2) is 0 Å². The molecule has 0 aromatic carbocycles. The van der Waals surface area contributed by atoms with E-state index in [9.17, 15) is 5.11 Å². The van der Waals surface area contributed by atoms with Crippen LogP contribution < -0.4 is 0 Å². The highest BCUT2D eigenvalue weighted by Gasteiger charge is 2.29. The Morgan fingerprint density at radius 3 is 1.69 bits per heavy atom. The number of aliphatic hydroxyl groups excluding tert-OH is 1. The number of rotatable bonds is 8. The molecule has 0 saturated carbocycles. The van der Waals surface area contributed by atoms with Crippen molar-refractivity contribution in [2.75, 3.05) is 12.3 Å². The monoisotopic (exact) mass is 383 g/mol. The first-order chi connectivity index (χ1) is 12.7. The third-order valence-corrected chi connectivity index (χ3v) is 9.15. The summed E-state index contributed by atoms with van der Waals surface area (Å²) < 4.78 is 0. The Balaban J connectivity index is 1.78. The van der Waals surface area contributed by atoms with E-state index < -0.39 is 11.9 Å². The van der Waals surface area contributed by atoms with E-state index in [1.807, 2.05) is 54.6 Å². The highest BCUT2D eigenvalue weighted by atomic mass is 32.4. The third-order valence-electron chi connectivity index (χ3n) is 4.34. The number of pyridine rings is 3. The lowest BCUT2D eigenvalue weighted by molar-refractivity contribution is 0.257. The van der Waals surface area contributed by atoms with Gasteiger partial charge in [0.1, 0.15) is 5.85 Å². The van der Waals surface area contributed by atoms with Crippen LogP contribution in [0.4, 0.5) is 0 Å². The van der Waals surface area contributed by atoms with Crippen LogP contribution in [0.5, 0.6) is 0 Å². The second-order valence-electron chi connectivity index (χ2n) is 6.17. The quantitative estimate of drug-likeness (QED) is 0.599. The van der Waals surface area contributed by atoms with Gasteiger partial charge in [0.25, 0.3) is 0 Å². The van der Waals surface area contributed by atoms with Gasteiger partial charge in [-0.3, -0.25) is 15.0 Å². The largest absolute Gasteiger partial charge is 0.381 e. The maximum absolute atomic E-state index is 11.0. The lowest BCUT2D eigenvalue weighted by Crippen LogP contribution is -2.11. The zero-order valence-electron chi connectivity index (χ0n) is 14.5. The summed E-state index contributed by atoms with van der Waals surface area (Å²) in [6.45, 7) is 0. The van der Waals surface area contributed by atoms with Gasteiger partial charge in [-0.05, 0) is 67.6 Å². The minimum absolute atomic E-state index is 0.665. The van der Waals surface area contributed by atoms with E-state index in [4.69, 9.17) is 11.8 Å². The van der Waals surface area contributed by atoms with E-state index in [1.165, 1.54) is 0 Å². The Morgan fingerprint density at radius 2 is 1.27 bits per heavy atom. The van der Waals surface area contributed by atoms with E-state index in [0.29, 0.717) is 5.69 Å². The molecule has 0 amide bonds. The van der Waals surface area contributed by atoms with Gasteiger partial charge in [0, 0.05) is 30.0 Å². The van der Waals surface area contributed by atoms with Crippen LogP contribution in [-0.4, -0.2) is 32.4 Å². The van der Waals surface area contributed by atoms with Gasteiger partial charge in [0.05, 0.1) is 5.69 Å². The highest BCUT2D eigenvalue weighted by Crippen LogP contribution is 2.58. The average Bonchev–Trinajstić information content (AvgIpc) is 2.72. The summed E-state index contributed by atoms with van der Waals surface area (Å²) in [5.41, 5.74) is 2.68. The first kappa shape index (κ1) is 18.8. The molecule has 0 aliphatic heterocycles. The predicted octanol–water partition coefficient (Wildman–Crippen LogP) is 3.83. The predicted molar refractivity (Wildman–Crippen MR) is 109 cm³/mol. The maximum atomic E-state index is 11.0. The maximum Gasteiger partial charge on any atom is 0.124 e. The number of aryl methyl sites for hydroxylation is 2. The minimum Gasteiger partial charge on any atom is -0.381 e. The van der Waals surface area contributed by atoms with Gasteiger partial charge in [0.2, 0.25) is 0 Å². The summed E-state index contributed by atoms with van der Waals surface area (Å²) in [5.74, 6) is -0.703. The van der Waals surface area contributed by atoms with E-state index in [-0.39, 0.29) is 0 Å². The molecule has 6 heteroatoms. The lowest BCUT2D eigenvalue weighted by atomic mass is 10.3. The third kappa shape index (κ3) is 5.04. The number of hydrogen-bond donors (Lipinski definition) is 1. The molecular formula is C20H22N3OPS. The molecule has 26 heavy (non-hydrogen) atoms. The van der Waals surface area contributed by atoms with E-state index >= 15 is 0 Å². The summed E-state index contributed by atoms with van der Waals surface area (Å²) >= 11 is 6.07. The SMILES string of the molecule is OC(c1ccccn1)P(=S)(CCc1ccccn1)CCc1ccccn1. The Bertz CT molecular complexity index is 799. The standard InChI is InChI=1S/C20H22N3OPS/c24-20(19-9-3-6-14-23-19)25(26,15-10-17-7-1-4-12-21-17)16-11-18-8-2-5-13-22-18/h1-9,12-14,20,24H,10-11,15-16H2. The van der Waals surface area contributed by atoms with Crippen molar-refractivity contribution in [3.8, 4) is 0 Å². The highest BCUT2D eigenvalue weighted by molar-refractivity contribution is 8.14. The number of aromatic nitrogens is 3. The second-order valence-corrected chi connectivity index (χ2v) is 11.6. The van der Waals surface area contributed by atoms with Crippen molar-refractivity contribution in [2.45, 2.75) is 18.7 Å². The van der Waals surface area contributed by atoms with Gasteiger partial charge in [0.15, 0.2) is 0 Å². The van der Waals surface area contributed by atoms with Crippen molar-refractivity contribution in [2.24, 2.45) is 0 Å². The molecule has 134 valence electrons. The first-order valence-electron chi connectivity index (χ1n) is 8.64. The minimum atomic E-state index is -2.12. The fraction of sp³-hybridized carbons (Fsp3) is 0.250. The van der Waals surface area contributed by atoms with Crippen molar-refractivity contribution in [1.82, 2.24) is 15.0 Å². The van der Waals surface area contributed by atoms with Crippen LogP contribution in [0.1, 0.15) is 22.9 Å². The Labute approximate surface area is 159 Å². The molecule has 1 atom stereocenters. The van der Waals surface area contributed by atoms with Gasteiger partial charge in [-0.2, -0.15) is 0 Å². The van der Waals surface area contributed by atoms with Crippen LogP contribution in [0.2, 0.25) is 0 Å². The first-order valence-corrected chi connectivity index (χ1v) is 11.9. The molecule has 0 fully saturated rings. The zero-order chi connectivity index (χ0) is 18.2. The Kier molecular flexibility index (Phi) is 6.62. The van der Waals surface area contributed by atoms with Gasteiger partial charge >= 0.3 is 0 Å². The summed E-state index contributed by atoms with van der Waals surface area (Å²) in [6.07, 6.45) is 8.34. The van der Waals surface area contributed by atoms with Gasteiger partial charge in [-0.1, -0.05) is 30.0 Å². The summed E-state index contributed by atoms with van der Waals surface area (Å²) in [4.78, 5) is 13.1. The van der Waals surface area contributed by atoms with Crippen LogP contribution in [0.3, 0.4) is 0 Å². The van der Waals surface area contributed by atoms with Crippen molar-refractivity contribution in [3.63, 3.8) is 0 Å². The van der Waals surface area contributed by atoms with Crippen molar-refractivity contribution >= 4 is 17.8 Å². The van der Waals surface area contributed by atoms with Crippen LogP contribution in [0.15, 0.2) is 73.2 Å². The van der Waals surface area contributed by atoms with Crippen LogP contribution >= 0.6 is 6.04 Å². The average molecular weight is 383 g/mol. The topological polar surface area (TPSA) is 58.9 Å². The molecular weight excluding hydrogens is 361 g/mol. The molecule has 3 aromatic heterocycles. The molecule has 0 aliphatic rings.